The quantitative estimate of drug-likeness (QED) is 0.627. The first-order valence-corrected chi connectivity index (χ1v) is 6.42. The third-order valence-corrected chi connectivity index (χ3v) is 2.72. The van der Waals surface area contributed by atoms with Gasteiger partial charge in [-0.3, -0.25) is 4.79 Å². The van der Waals surface area contributed by atoms with Crippen LogP contribution in [0.1, 0.15) is 12.0 Å². The fourth-order valence-corrected chi connectivity index (χ4v) is 1.72. The van der Waals surface area contributed by atoms with E-state index in [0.29, 0.717) is 4.47 Å². The molecule has 0 unspecified atom stereocenters. The molecule has 0 fully saturated rings. The average Bonchev–Trinajstić information content (AvgIpc) is 2.34. The maximum Gasteiger partial charge on any atom is 0.411 e. The van der Waals surface area contributed by atoms with E-state index in [1.54, 1.807) is 0 Å². The zero-order valence-corrected chi connectivity index (χ0v) is 11.9. The van der Waals surface area contributed by atoms with Gasteiger partial charge in [0.2, 0.25) is 5.91 Å². The minimum Gasteiger partial charge on any atom is -0.372 e. The molecule has 20 heavy (non-hydrogen) atoms. The van der Waals surface area contributed by atoms with Gasteiger partial charge in [-0.15, -0.1) is 0 Å². The Balaban J connectivity index is 2.28. The molecule has 0 aliphatic carbocycles. The summed E-state index contributed by atoms with van der Waals surface area (Å²) in [6.07, 6.45) is -4.62. The molecule has 112 valence electrons. The molecule has 0 aliphatic rings. The molecule has 0 saturated carbocycles. The summed E-state index contributed by atoms with van der Waals surface area (Å²) in [5, 5.41) is 2.40. The fraction of sp³-hybridized carbons (Fsp3) is 0.417. The SMILES string of the molecule is O=C(CCOCC(F)(F)F)NCc1cc(Br)ccc1F. The van der Waals surface area contributed by atoms with Crippen LogP contribution in [-0.2, 0) is 16.1 Å². The van der Waals surface area contributed by atoms with Crippen LogP contribution in [0.15, 0.2) is 22.7 Å². The Morgan fingerprint density at radius 1 is 1.35 bits per heavy atom. The predicted octanol–water partition coefficient (Wildman–Crippen LogP) is 3.17. The number of benzene rings is 1. The smallest absolute Gasteiger partial charge is 0.372 e. The zero-order chi connectivity index (χ0) is 15.2. The van der Waals surface area contributed by atoms with Gasteiger partial charge in [-0.1, -0.05) is 15.9 Å². The summed E-state index contributed by atoms with van der Waals surface area (Å²) >= 11 is 3.17. The number of carbonyl (C=O) groups is 1. The number of hydrogen-bond acceptors (Lipinski definition) is 2. The maximum atomic E-state index is 13.3. The van der Waals surface area contributed by atoms with E-state index in [0.717, 1.165) is 0 Å². The molecule has 1 N–H and O–H groups in total. The summed E-state index contributed by atoms with van der Waals surface area (Å²) < 4.78 is 53.6. The minimum atomic E-state index is -4.41. The van der Waals surface area contributed by atoms with Gasteiger partial charge in [-0.25, -0.2) is 4.39 Å². The van der Waals surface area contributed by atoms with E-state index in [4.69, 9.17) is 0 Å². The monoisotopic (exact) mass is 357 g/mol. The Labute approximate surface area is 121 Å². The van der Waals surface area contributed by atoms with Crippen LogP contribution in [0.5, 0.6) is 0 Å². The zero-order valence-electron chi connectivity index (χ0n) is 10.3. The van der Waals surface area contributed by atoms with Crippen molar-refractivity contribution in [2.45, 2.75) is 19.1 Å². The predicted molar refractivity (Wildman–Crippen MR) is 67.4 cm³/mol. The summed E-state index contributed by atoms with van der Waals surface area (Å²) in [6.45, 7) is -1.77. The Kier molecular flexibility index (Phi) is 6.41. The molecule has 3 nitrogen and oxygen atoms in total. The molecule has 1 aromatic rings. The van der Waals surface area contributed by atoms with Crippen LogP contribution < -0.4 is 5.32 Å². The van der Waals surface area contributed by atoms with E-state index >= 15 is 0 Å². The molecule has 0 spiro atoms. The van der Waals surface area contributed by atoms with Crippen LogP contribution in [0.3, 0.4) is 0 Å². The third-order valence-electron chi connectivity index (χ3n) is 2.22. The van der Waals surface area contributed by atoms with Crippen LogP contribution in [0, 0.1) is 5.82 Å². The normalized spacial score (nSPS) is 11.4. The van der Waals surface area contributed by atoms with Crippen molar-refractivity contribution in [3.05, 3.63) is 34.1 Å². The van der Waals surface area contributed by atoms with Gasteiger partial charge in [0.15, 0.2) is 0 Å². The number of alkyl halides is 3. The number of amides is 1. The highest BCUT2D eigenvalue weighted by atomic mass is 79.9. The Hall–Kier alpha value is -1.15. The van der Waals surface area contributed by atoms with Crippen LogP contribution in [0.4, 0.5) is 17.6 Å². The van der Waals surface area contributed by atoms with Crippen molar-refractivity contribution in [1.29, 1.82) is 0 Å². The second-order valence-corrected chi connectivity index (χ2v) is 4.85. The van der Waals surface area contributed by atoms with Gasteiger partial charge < -0.3 is 10.1 Å². The molecule has 0 heterocycles. The second-order valence-electron chi connectivity index (χ2n) is 3.93. The van der Waals surface area contributed by atoms with Crippen molar-refractivity contribution in [2.75, 3.05) is 13.2 Å². The van der Waals surface area contributed by atoms with Gasteiger partial charge >= 0.3 is 6.18 Å². The van der Waals surface area contributed by atoms with E-state index in [1.165, 1.54) is 18.2 Å². The van der Waals surface area contributed by atoms with E-state index < -0.39 is 24.5 Å². The number of hydrogen-bond donors (Lipinski definition) is 1. The van der Waals surface area contributed by atoms with E-state index in [2.05, 4.69) is 26.0 Å². The average molecular weight is 358 g/mol. The lowest BCUT2D eigenvalue weighted by Crippen LogP contribution is -2.25. The highest BCUT2D eigenvalue weighted by molar-refractivity contribution is 9.10. The van der Waals surface area contributed by atoms with Crippen molar-refractivity contribution < 1.29 is 27.1 Å². The molecule has 0 atom stereocenters. The van der Waals surface area contributed by atoms with E-state index in [-0.39, 0.29) is 25.1 Å². The molecular weight excluding hydrogens is 346 g/mol. The van der Waals surface area contributed by atoms with Crippen molar-refractivity contribution >= 4 is 21.8 Å². The van der Waals surface area contributed by atoms with Gasteiger partial charge in [0.25, 0.3) is 0 Å². The largest absolute Gasteiger partial charge is 0.411 e. The molecule has 1 amide bonds. The first kappa shape index (κ1) is 16.9. The van der Waals surface area contributed by atoms with Gasteiger partial charge in [0.05, 0.1) is 6.61 Å². The number of carbonyl (C=O) groups excluding carboxylic acids is 1. The first-order valence-electron chi connectivity index (χ1n) is 5.63. The molecule has 8 heteroatoms. The standard InChI is InChI=1S/C12H12BrF4NO2/c13-9-1-2-10(14)8(5-9)6-18-11(19)3-4-20-7-12(15,16)17/h1-2,5H,3-4,6-7H2,(H,18,19). The van der Waals surface area contributed by atoms with Gasteiger partial charge in [0, 0.05) is 23.0 Å². The molecule has 0 aliphatic heterocycles. The lowest BCUT2D eigenvalue weighted by molar-refractivity contribution is -0.174. The number of rotatable bonds is 6. The lowest BCUT2D eigenvalue weighted by Gasteiger charge is -2.09. The molecule has 1 rings (SSSR count). The highest BCUT2D eigenvalue weighted by Gasteiger charge is 2.27. The molecule has 0 aromatic heterocycles. The summed E-state index contributed by atoms with van der Waals surface area (Å²) in [5.74, 6) is -0.978. The van der Waals surface area contributed by atoms with Crippen LogP contribution in [-0.4, -0.2) is 25.3 Å². The van der Waals surface area contributed by atoms with Crippen molar-refractivity contribution in [3.63, 3.8) is 0 Å². The van der Waals surface area contributed by atoms with Crippen LogP contribution in [0.25, 0.3) is 0 Å². The van der Waals surface area contributed by atoms with Gasteiger partial charge in [-0.05, 0) is 18.2 Å². The van der Waals surface area contributed by atoms with Gasteiger partial charge in [-0.2, -0.15) is 13.2 Å². The van der Waals surface area contributed by atoms with Crippen LogP contribution >= 0.6 is 15.9 Å². The lowest BCUT2D eigenvalue weighted by atomic mass is 10.2. The van der Waals surface area contributed by atoms with Crippen molar-refractivity contribution in [1.82, 2.24) is 5.32 Å². The van der Waals surface area contributed by atoms with Crippen molar-refractivity contribution in [2.24, 2.45) is 0 Å². The number of ether oxygens (including phenoxy) is 1. The number of nitrogens with one attached hydrogen (secondary N) is 1. The summed E-state index contributed by atoms with van der Waals surface area (Å²) in [6, 6.07) is 4.28. The minimum absolute atomic E-state index is 0.0383. The Morgan fingerprint density at radius 3 is 2.70 bits per heavy atom. The molecular formula is C12H12BrF4NO2. The topological polar surface area (TPSA) is 38.3 Å². The van der Waals surface area contributed by atoms with Crippen LogP contribution in [0.2, 0.25) is 0 Å². The Bertz CT molecular complexity index is 465. The summed E-state index contributed by atoms with van der Waals surface area (Å²) in [7, 11) is 0. The maximum absolute atomic E-state index is 13.3. The summed E-state index contributed by atoms with van der Waals surface area (Å²) in [5.41, 5.74) is 0.281. The van der Waals surface area contributed by atoms with Gasteiger partial charge in [0.1, 0.15) is 12.4 Å². The first-order chi connectivity index (χ1) is 9.28. The van der Waals surface area contributed by atoms with Crippen molar-refractivity contribution in [3.8, 4) is 0 Å². The molecule has 1 aromatic carbocycles. The van der Waals surface area contributed by atoms with E-state index in [9.17, 15) is 22.4 Å². The summed E-state index contributed by atoms with van der Waals surface area (Å²) in [4.78, 5) is 11.3. The molecule has 0 saturated heterocycles. The Morgan fingerprint density at radius 2 is 2.05 bits per heavy atom. The third kappa shape index (κ3) is 6.85. The second kappa shape index (κ2) is 7.58. The fourth-order valence-electron chi connectivity index (χ4n) is 1.31. The molecule has 0 bridgehead atoms. The number of halogens is 5. The highest BCUT2D eigenvalue weighted by Crippen LogP contribution is 2.15. The molecule has 0 radical (unpaired) electrons. The van der Waals surface area contributed by atoms with E-state index in [1.807, 2.05) is 0 Å².